The average Bonchev–Trinajstić information content (AvgIpc) is 2.58. The molecule has 1 aliphatic heterocycles. The Morgan fingerprint density at radius 3 is 2.72 bits per heavy atom. The van der Waals surface area contributed by atoms with E-state index in [-0.39, 0.29) is 24.1 Å². The van der Waals surface area contributed by atoms with E-state index in [4.69, 9.17) is 10.00 Å². The molecule has 126 valence electrons. The molecule has 3 rings (SSSR count). The highest BCUT2D eigenvalue weighted by atomic mass is 16.6. The first-order valence-corrected chi connectivity index (χ1v) is 7.59. The van der Waals surface area contributed by atoms with E-state index in [1.165, 1.54) is 18.3 Å². The van der Waals surface area contributed by atoms with E-state index in [1.807, 2.05) is 6.07 Å². The van der Waals surface area contributed by atoms with Crippen LogP contribution in [0.1, 0.15) is 11.1 Å². The van der Waals surface area contributed by atoms with Crippen molar-refractivity contribution in [1.29, 1.82) is 5.26 Å². The molecule has 1 amide bonds. The van der Waals surface area contributed by atoms with E-state index in [2.05, 4.69) is 4.98 Å². The Hall–Kier alpha value is -3.47. The third-order valence-electron chi connectivity index (χ3n) is 3.85. The molecular weight excluding hydrogens is 324 g/mol. The Kier molecular flexibility index (Phi) is 4.57. The molecule has 0 bridgehead atoms. The smallest absolute Gasteiger partial charge is 0.269 e. The maximum absolute atomic E-state index is 12.2. The zero-order valence-electron chi connectivity index (χ0n) is 13.2. The van der Waals surface area contributed by atoms with Gasteiger partial charge < -0.3 is 9.64 Å². The van der Waals surface area contributed by atoms with E-state index in [0.717, 1.165) is 5.56 Å². The van der Waals surface area contributed by atoms with E-state index >= 15 is 0 Å². The molecule has 0 radical (unpaired) electrons. The Morgan fingerprint density at radius 1 is 1.36 bits per heavy atom. The van der Waals surface area contributed by atoms with Gasteiger partial charge in [-0.05, 0) is 11.6 Å². The minimum atomic E-state index is -0.474. The van der Waals surface area contributed by atoms with E-state index < -0.39 is 4.92 Å². The average molecular weight is 338 g/mol. The molecule has 1 aromatic carbocycles. The number of nitrogens with zero attached hydrogens (tertiary/aromatic N) is 4. The van der Waals surface area contributed by atoms with Crippen LogP contribution in [0.2, 0.25) is 0 Å². The van der Waals surface area contributed by atoms with Crippen molar-refractivity contribution >= 4 is 11.6 Å². The molecule has 25 heavy (non-hydrogen) atoms. The summed E-state index contributed by atoms with van der Waals surface area (Å²) < 4.78 is 5.63. The van der Waals surface area contributed by atoms with Gasteiger partial charge in [-0.25, -0.2) is 4.98 Å². The molecule has 1 aliphatic rings. The normalized spacial score (nSPS) is 13.6. The highest BCUT2D eigenvalue weighted by Gasteiger charge is 2.32. The SMILES string of the molecule is N#Cc1ccnc(OC2CN(C(=O)Cc3ccc([N+](=O)[O-])cc3)C2)c1. The summed E-state index contributed by atoms with van der Waals surface area (Å²) in [6, 6.07) is 11.1. The maximum Gasteiger partial charge on any atom is 0.269 e. The van der Waals surface area contributed by atoms with Crippen LogP contribution in [0.3, 0.4) is 0 Å². The van der Waals surface area contributed by atoms with Gasteiger partial charge in [0.25, 0.3) is 5.69 Å². The van der Waals surface area contributed by atoms with Gasteiger partial charge in [0.2, 0.25) is 11.8 Å². The fourth-order valence-corrected chi connectivity index (χ4v) is 2.45. The molecule has 1 aromatic heterocycles. The summed E-state index contributed by atoms with van der Waals surface area (Å²) >= 11 is 0. The number of nitriles is 1. The summed E-state index contributed by atoms with van der Waals surface area (Å²) in [4.78, 5) is 28.0. The van der Waals surface area contributed by atoms with Crippen molar-refractivity contribution in [3.05, 3.63) is 63.8 Å². The predicted molar refractivity (Wildman–Crippen MR) is 86.7 cm³/mol. The van der Waals surface area contributed by atoms with Crippen molar-refractivity contribution in [2.45, 2.75) is 12.5 Å². The molecule has 0 N–H and O–H groups in total. The number of nitro benzene ring substituents is 1. The molecule has 8 heteroatoms. The third kappa shape index (κ3) is 3.90. The number of hydrogen-bond donors (Lipinski definition) is 0. The number of hydrogen-bond acceptors (Lipinski definition) is 6. The first-order chi connectivity index (χ1) is 12.0. The number of carbonyl (C=O) groups excluding carboxylic acids is 1. The van der Waals surface area contributed by atoms with Crippen molar-refractivity contribution in [3.63, 3.8) is 0 Å². The number of nitro groups is 1. The second-order valence-electron chi connectivity index (χ2n) is 5.63. The maximum atomic E-state index is 12.2. The Morgan fingerprint density at radius 2 is 2.08 bits per heavy atom. The lowest BCUT2D eigenvalue weighted by Gasteiger charge is -2.38. The number of non-ortho nitro benzene ring substituents is 1. The minimum absolute atomic E-state index is 0.000660. The molecule has 1 saturated heterocycles. The van der Waals surface area contributed by atoms with Crippen LogP contribution in [0.4, 0.5) is 5.69 Å². The molecule has 0 aliphatic carbocycles. The highest BCUT2D eigenvalue weighted by molar-refractivity contribution is 5.79. The van der Waals surface area contributed by atoms with Gasteiger partial charge in [0.15, 0.2) is 0 Å². The monoisotopic (exact) mass is 338 g/mol. The lowest BCUT2D eigenvalue weighted by atomic mass is 10.1. The molecule has 0 atom stereocenters. The number of ether oxygens (including phenoxy) is 1. The number of pyridine rings is 1. The highest BCUT2D eigenvalue weighted by Crippen LogP contribution is 2.19. The fourth-order valence-electron chi connectivity index (χ4n) is 2.45. The number of benzene rings is 1. The fraction of sp³-hybridized carbons (Fsp3) is 0.235. The van der Waals surface area contributed by atoms with Crippen LogP contribution in [0.5, 0.6) is 5.88 Å². The number of amides is 1. The Balaban J connectivity index is 1.49. The largest absolute Gasteiger partial charge is 0.471 e. The topological polar surface area (TPSA) is 109 Å². The van der Waals surface area contributed by atoms with Crippen LogP contribution in [0, 0.1) is 21.4 Å². The summed E-state index contributed by atoms with van der Waals surface area (Å²) in [5.74, 6) is 0.305. The summed E-state index contributed by atoms with van der Waals surface area (Å²) in [5.41, 5.74) is 1.19. The second-order valence-corrected chi connectivity index (χ2v) is 5.63. The zero-order chi connectivity index (χ0) is 17.8. The third-order valence-corrected chi connectivity index (χ3v) is 3.85. The van der Waals surface area contributed by atoms with Crippen LogP contribution in [0.25, 0.3) is 0 Å². The Bertz CT molecular complexity index is 838. The summed E-state index contributed by atoms with van der Waals surface area (Å²) in [5, 5.41) is 19.5. The lowest BCUT2D eigenvalue weighted by molar-refractivity contribution is -0.384. The van der Waals surface area contributed by atoms with E-state index in [0.29, 0.717) is 24.5 Å². The van der Waals surface area contributed by atoms with Crippen LogP contribution < -0.4 is 4.74 Å². The quantitative estimate of drug-likeness (QED) is 0.606. The lowest BCUT2D eigenvalue weighted by Crippen LogP contribution is -2.56. The minimum Gasteiger partial charge on any atom is -0.471 e. The number of rotatable bonds is 5. The summed E-state index contributed by atoms with van der Waals surface area (Å²) in [6.07, 6.45) is 1.54. The van der Waals surface area contributed by atoms with Crippen LogP contribution in [-0.4, -0.2) is 39.9 Å². The molecule has 0 saturated carbocycles. The van der Waals surface area contributed by atoms with E-state index in [9.17, 15) is 14.9 Å². The first-order valence-electron chi connectivity index (χ1n) is 7.59. The van der Waals surface area contributed by atoms with Crippen molar-refractivity contribution < 1.29 is 14.5 Å². The van der Waals surface area contributed by atoms with Gasteiger partial charge in [0, 0.05) is 24.4 Å². The van der Waals surface area contributed by atoms with Crippen LogP contribution in [-0.2, 0) is 11.2 Å². The summed E-state index contributed by atoms with van der Waals surface area (Å²) in [7, 11) is 0. The van der Waals surface area contributed by atoms with Gasteiger partial charge in [0.05, 0.1) is 36.1 Å². The molecule has 0 unspecified atom stereocenters. The van der Waals surface area contributed by atoms with Gasteiger partial charge in [0.1, 0.15) is 6.10 Å². The standard InChI is InChI=1S/C17H14N4O4/c18-9-13-5-6-19-16(7-13)25-15-10-20(11-15)17(22)8-12-1-3-14(4-2-12)21(23)24/h1-7,15H,8,10-11H2. The van der Waals surface area contributed by atoms with Gasteiger partial charge in [-0.3, -0.25) is 14.9 Å². The molecule has 1 fully saturated rings. The Labute approximate surface area is 143 Å². The molecule has 2 aromatic rings. The molecule has 2 heterocycles. The van der Waals surface area contributed by atoms with Crippen molar-refractivity contribution in [3.8, 4) is 11.9 Å². The number of carbonyl (C=O) groups is 1. The number of likely N-dealkylation sites (tertiary alicyclic amines) is 1. The zero-order valence-corrected chi connectivity index (χ0v) is 13.2. The second kappa shape index (κ2) is 6.97. The number of aromatic nitrogens is 1. The molecule has 0 spiro atoms. The van der Waals surface area contributed by atoms with Crippen LogP contribution >= 0.6 is 0 Å². The predicted octanol–water partition coefficient (Wildman–Crippen LogP) is 1.69. The van der Waals surface area contributed by atoms with E-state index in [1.54, 1.807) is 29.2 Å². The van der Waals surface area contributed by atoms with Gasteiger partial charge >= 0.3 is 0 Å². The van der Waals surface area contributed by atoms with Crippen molar-refractivity contribution in [2.75, 3.05) is 13.1 Å². The van der Waals surface area contributed by atoms with Crippen molar-refractivity contribution in [2.24, 2.45) is 0 Å². The molecule has 8 nitrogen and oxygen atoms in total. The van der Waals surface area contributed by atoms with Gasteiger partial charge in [-0.15, -0.1) is 0 Å². The summed E-state index contributed by atoms with van der Waals surface area (Å²) in [6.45, 7) is 0.897. The van der Waals surface area contributed by atoms with Crippen molar-refractivity contribution in [1.82, 2.24) is 9.88 Å². The van der Waals surface area contributed by atoms with Gasteiger partial charge in [-0.1, -0.05) is 12.1 Å². The first kappa shape index (κ1) is 16.4. The molecular formula is C17H14N4O4. The van der Waals surface area contributed by atoms with Crippen LogP contribution in [0.15, 0.2) is 42.6 Å². The van der Waals surface area contributed by atoms with Gasteiger partial charge in [-0.2, -0.15) is 5.26 Å².